The van der Waals surface area contributed by atoms with Crippen LogP contribution in [-0.4, -0.2) is 197 Å². The van der Waals surface area contributed by atoms with Crippen molar-refractivity contribution in [3.8, 4) is 0 Å². The Kier molecular flexibility index (Phi) is 36.0. The Morgan fingerprint density at radius 2 is 0.640 bits per heavy atom. The number of carboxylic acid groups (broad SMARTS) is 9. The van der Waals surface area contributed by atoms with Crippen LogP contribution in [0, 0.1) is 0 Å². The molecule has 0 radical (unpaired) electrons. The Bertz CT molecular complexity index is 2440. The van der Waals surface area contributed by atoms with Crippen LogP contribution < -0.4 is 53.2 Å². The number of urea groups is 3. The Labute approximate surface area is 506 Å². The summed E-state index contributed by atoms with van der Waals surface area (Å²) in [4.78, 5) is 184. The van der Waals surface area contributed by atoms with Crippen LogP contribution >= 0.6 is 0 Å². The molecule has 89 heavy (non-hydrogen) atoms. The third kappa shape index (κ3) is 35.1. The molecule has 0 aliphatic carbocycles. The van der Waals surface area contributed by atoms with E-state index in [1.54, 1.807) is 0 Å². The molecule has 1 rings (SSSR count). The lowest BCUT2D eigenvalue weighted by atomic mass is 9.82. The number of hydrogen-bond donors (Lipinski definition) is 19. The van der Waals surface area contributed by atoms with Crippen LogP contribution in [0.3, 0.4) is 0 Å². The van der Waals surface area contributed by atoms with Crippen LogP contribution in [0.25, 0.3) is 10.4 Å². The minimum absolute atomic E-state index is 0.00767. The average molecular weight is 1270 g/mol. The monoisotopic (exact) mass is 1270 g/mol. The van der Waals surface area contributed by atoms with Crippen molar-refractivity contribution < 1.29 is 118 Å². The highest BCUT2D eigenvalue weighted by Gasteiger charge is 2.33. The van der Waals surface area contributed by atoms with Crippen molar-refractivity contribution in [3.63, 3.8) is 0 Å². The molecule has 1 aromatic rings. The number of carboxylic acids is 9. The van der Waals surface area contributed by atoms with Gasteiger partial charge in [-0.3, -0.25) is 28.8 Å². The zero-order chi connectivity index (χ0) is 67.1. The lowest BCUT2D eigenvalue weighted by molar-refractivity contribution is -0.142. The van der Waals surface area contributed by atoms with Crippen molar-refractivity contribution in [1.29, 1.82) is 0 Å². The third-order valence-electron chi connectivity index (χ3n) is 13.2. The minimum Gasteiger partial charge on any atom is -0.481 e. The van der Waals surface area contributed by atoms with Crippen LogP contribution in [0.4, 0.5) is 25.8 Å². The third-order valence-corrected chi connectivity index (χ3v) is 13.2. The number of hydrogen-bond acceptors (Lipinski definition) is 17. The van der Waals surface area contributed by atoms with Crippen molar-refractivity contribution in [2.45, 2.75) is 177 Å². The summed E-state index contributed by atoms with van der Waals surface area (Å²) >= 11 is 0. The maximum absolute atomic E-state index is 13.5. The van der Waals surface area contributed by atoms with E-state index in [4.69, 9.17) is 20.9 Å². The molecule has 0 unspecified atom stereocenters. The van der Waals surface area contributed by atoms with E-state index >= 15 is 0 Å². The number of benzene rings is 1. The summed E-state index contributed by atoms with van der Waals surface area (Å²) in [6.45, 7) is -0.0230. The zero-order valence-electron chi connectivity index (χ0n) is 48.2. The van der Waals surface area contributed by atoms with Crippen LogP contribution in [0.2, 0.25) is 0 Å². The molecule has 0 heterocycles. The quantitative estimate of drug-likeness (QED) is 0.0189. The topological polar surface area (TPSA) is 607 Å². The molecule has 0 aliphatic heterocycles. The van der Waals surface area contributed by atoms with Gasteiger partial charge in [-0.05, 0) is 114 Å². The van der Waals surface area contributed by atoms with Crippen LogP contribution in [-0.2, 0) is 57.5 Å². The molecule has 19 N–H and O–H groups in total. The van der Waals surface area contributed by atoms with Gasteiger partial charge in [-0.1, -0.05) is 17.2 Å². The molecule has 0 spiro atoms. The largest absolute Gasteiger partial charge is 0.481 e. The van der Waals surface area contributed by atoms with E-state index in [9.17, 15) is 103 Å². The SMILES string of the molecule is [N-]=[N+]=Nc1ccc(NC(CCC(=O)NCCCC[C@H](NC(=O)N[C@@H](CCC(=O)O)C(=O)O)C(=O)O)(CCC(=O)NCCCC[C@H](NC(=O)N[C@@H](CCC(=O)O)C(=O)O)C(=O)O)CCC(=O)NCCCC[C@H](NC(=O)N[C@@H](CCC(=O)O)C(=O)O)C(=O)O)cc1. The first-order chi connectivity index (χ1) is 41.9. The molecule has 0 bridgehead atoms. The average Bonchev–Trinajstić information content (AvgIpc) is 3.60. The normalized spacial score (nSPS) is 12.8. The predicted octanol–water partition coefficient (Wildman–Crippen LogP) is 1.19. The van der Waals surface area contributed by atoms with E-state index in [1.165, 1.54) is 24.3 Å². The first kappa shape index (κ1) is 76.8. The number of nitrogens with zero attached hydrogens (tertiary/aromatic N) is 3. The van der Waals surface area contributed by atoms with Crippen molar-refractivity contribution in [2.75, 3.05) is 25.0 Å². The van der Waals surface area contributed by atoms with Gasteiger partial charge in [0.05, 0.1) is 0 Å². The fourth-order valence-corrected chi connectivity index (χ4v) is 8.38. The van der Waals surface area contributed by atoms with Gasteiger partial charge in [-0.2, -0.15) is 0 Å². The van der Waals surface area contributed by atoms with E-state index in [2.05, 4.69) is 47.2 Å². The van der Waals surface area contributed by atoms with E-state index in [-0.39, 0.29) is 122 Å². The highest BCUT2D eigenvalue weighted by atomic mass is 16.4. The number of anilines is 1. The highest BCUT2D eigenvalue weighted by Crippen LogP contribution is 2.32. The maximum Gasteiger partial charge on any atom is 0.326 e. The summed E-state index contributed by atoms with van der Waals surface area (Å²) in [5, 5.41) is 111. The van der Waals surface area contributed by atoms with Crippen molar-refractivity contribution in [1.82, 2.24) is 47.9 Å². The number of carbonyl (C=O) groups excluding carboxylic acids is 6. The van der Waals surface area contributed by atoms with Gasteiger partial charge in [0.2, 0.25) is 17.7 Å². The van der Waals surface area contributed by atoms with E-state index in [0.717, 1.165) is 0 Å². The molecule has 0 fully saturated rings. The van der Waals surface area contributed by atoms with Gasteiger partial charge < -0.3 is 99.1 Å². The summed E-state index contributed by atoms with van der Waals surface area (Å²) in [5.41, 5.74) is 8.31. The number of amides is 9. The molecule has 0 aliphatic rings. The molecular weight excluding hydrogens is 1190 g/mol. The van der Waals surface area contributed by atoms with Gasteiger partial charge in [-0.25, -0.2) is 43.2 Å². The van der Waals surface area contributed by atoms with Gasteiger partial charge >= 0.3 is 71.8 Å². The number of aliphatic carboxylic acids is 9. The van der Waals surface area contributed by atoms with Gasteiger partial charge in [0, 0.05) is 80.0 Å². The van der Waals surface area contributed by atoms with Crippen molar-refractivity contribution in [2.24, 2.45) is 5.11 Å². The lowest BCUT2D eigenvalue weighted by Gasteiger charge is -2.36. The molecule has 6 atom stereocenters. The fraction of sp³-hybridized carbons (Fsp3) is 0.596. The summed E-state index contributed by atoms with van der Waals surface area (Å²) in [6, 6.07) is -6.96. The summed E-state index contributed by atoms with van der Waals surface area (Å²) in [5.74, 6) is -14.6. The standard InChI is InChI=1S/C52H77N13O24/c53-65-64-30-12-10-29(11-13-30)63-52(23-20-37(66)54-26-4-1-7-31(43(75)76)57-49(87)60-34(46(81)82)14-17-40(69)70,24-21-38(67)55-27-5-2-8-32(44(77)78)58-50(88)61-35(47(83)84)15-18-41(71)72)25-22-39(68)56-28-6-3-9-33(45(79)80)59-51(89)62-36(48(85)86)16-19-42(73)74/h10-13,31-36,63H,1-9,14-28H2,(H,54,66)(H,55,67)(H,56,68)(H,69,70)(H,71,72)(H,73,74)(H,75,76)(H,77,78)(H,79,80)(H,81,82)(H,83,84)(H,85,86)(H2,57,60,87)(H2,58,61,88)(H2,59,62,89)/t31-,32-,33-,34-,35-,36-/m0/s1. The molecule has 37 nitrogen and oxygen atoms in total. The van der Waals surface area contributed by atoms with Crippen LogP contribution in [0.1, 0.15) is 135 Å². The number of nitrogens with one attached hydrogen (secondary N) is 10. The molecular formula is C52H77N13O24. The maximum atomic E-state index is 13.5. The first-order valence-electron chi connectivity index (χ1n) is 27.9. The summed E-state index contributed by atoms with van der Waals surface area (Å²) < 4.78 is 0. The number of unbranched alkanes of at least 4 members (excludes halogenated alkanes) is 3. The van der Waals surface area contributed by atoms with Gasteiger partial charge in [-0.15, -0.1) is 0 Å². The van der Waals surface area contributed by atoms with Gasteiger partial charge in [0.1, 0.15) is 36.3 Å². The number of carbonyl (C=O) groups is 15. The second-order valence-corrected chi connectivity index (χ2v) is 20.2. The summed E-state index contributed by atoms with van der Waals surface area (Å²) in [6.07, 6.45) is -3.80. The zero-order valence-corrected chi connectivity index (χ0v) is 48.2. The molecule has 37 heteroatoms. The molecule has 1 aromatic carbocycles. The Morgan fingerprint density at radius 1 is 0.382 bits per heavy atom. The smallest absolute Gasteiger partial charge is 0.326 e. The fourth-order valence-electron chi connectivity index (χ4n) is 8.38. The Balaban J connectivity index is 3.27. The van der Waals surface area contributed by atoms with Crippen LogP contribution in [0.5, 0.6) is 0 Å². The number of rotatable bonds is 48. The Hall–Kier alpha value is -10.2. The van der Waals surface area contributed by atoms with E-state index in [1.807, 2.05) is 16.0 Å². The molecule has 0 aromatic heterocycles. The van der Waals surface area contributed by atoms with Crippen molar-refractivity contribution >= 4 is 101 Å². The molecule has 0 saturated heterocycles. The minimum atomic E-state index is -1.63. The van der Waals surface area contributed by atoms with E-state index < -0.39 is 170 Å². The second-order valence-electron chi connectivity index (χ2n) is 20.2. The summed E-state index contributed by atoms with van der Waals surface area (Å²) in [7, 11) is 0. The van der Waals surface area contributed by atoms with Gasteiger partial charge in [0.25, 0.3) is 0 Å². The highest BCUT2D eigenvalue weighted by molar-refractivity contribution is 5.88. The Morgan fingerprint density at radius 3 is 0.876 bits per heavy atom. The van der Waals surface area contributed by atoms with Crippen molar-refractivity contribution in [3.05, 3.63) is 34.7 Å². The van der Waals surface area contributed by atoms with E-state index in [0.29, 0.717) is 5.69 Å². The predicted molar refractivity (Wildman–Crippen MR) is 304 cm³/mol. The molecule has 9 amide bonds. The lowest BCUT2D eigenvalue weighted by Crippen LogP contribution is -2.51. The number of azide groups is 1. The molecule has 494 valence electrons. The van der Waals surface area contributed by atoms with Crippen LogP contribution in [0.15, 0.2) is 29.4 Å². The molecule has 0 saturated carbocycles. The van der Waals surface area contributed by atoms with Gasteiger partial charge in [0.15, 0.2) is 0 Å². The first-order valence-corrected chi connectivity index (χ1v) is 27.9. The second kappa shape index (κ2) is 41.8.